The molecule has 0 N–H and O–H groups in total. The molecule has 1 aliphatic rings. The summed E-state index contributed by atoms with van der Waals surface area (Å²) < 4.78 is 45.2. The topological polar surface area (TPSA) is 90.9 Å². The third kappa shape index (κ3) is 5.57. The lowest BCUT2D eigenvalue weighted by Crippen LogP contribution is -2.12. The second-order valence-corrected chi connectivity index (χ2v) is 8.39. The fourth-order valence-electron chi connectivity index (χ4n) is 4.03. The fourth-order valence-corrected chi connectivity index (χ4v) is 4.03. The Morgan fingerprint density at radius 2 is 0.974 bits per heavy atom. The zero-order chi connectivity index (χ0) is 28.1. The molecule has 0 spiro atoms. The highest BCUT2D eigenvalue weighted by Crippen LogP contribution is 2.41. The van der Waals surface area contributed by atoms with Crippen molar-refractivity contribution in [3.05, 3.63) is 70.7 Å². The highest BCUT2D eigenvalue weighted by molar-refractivity contribution is 6.12. The molecule has 0 aromatic heterocycles. The van der Waals surface area contributed by atoms with Gasteiger partial charge in [-0.2, -0.15) is 0 Å². The SMILES string of the molecule is COc1cc(OC)c(/C=C2\Oc3ccc(C)cc3O/C(=C\c3c(OC)cc(OC)cc3OC)C2=O)c(OC)c1. The summed E-state index contributed by atoms with van der Waals surface area (Å²) >= 11 is 0. The number of methoxy groups -OCH3 is 6. The Balaban J connectivity index is 1.95. The van der Waals surface area contributed by atoms with Crippen LogP contribution in [0.3, 0.4) is 0 Å². The van der Waals surface area contributed by atoms with E-state index < -0.39 is 5.78 Å². The van der Waals surface area contributed by atoms with E-state index in [0.29, 0.717) is 57.1 Å². The van der Waals surface area contributed by atoms with Crippen LogP contribution in [0.1, 0.15) is 16.7 Å². The molecule has 0 bridgehead atoms. The van der Waals surface area contributed by atoms with Gasteiger partial charge < -0.3 is 37.9 Å². The van der Waals surface area contributed by atoms with Gasteiger partial charge in [0, 0.05) is 24.3 Å². The molecule has 0 saturated heterocycles. The highest BCUT2D eigenvalue weighted by atomic mass is 16.5. The van der Waals surface area contributed by atoms with E-state index in [1.165, 1.54) is 28.4 Å². The maximum Gasteiger partial charge on any atom is 0.263 e. The van der Waals surface area contributed by atoms with Crippen LogP contribution in [0.2, 0.25) is 0 Å². The molecule has 0 unspecified atom stereocenters. The van der Waals surface area contributed by atoms with Gasteiger partial charge in [0.15, 0.2) is 23.0 Å². The minimum absolute atomic E-state index is 0.0150. The van der Waals surface area contributed by atoms with Crippen LogP contribution < -0.4 is 37.9 Å². The van der Waals surface area contributed by atoms with E-state index >= 15 is 0 Å². The van der Waals surface area contributed by atoms with Gasteiger partial charge in [0.05, 0.1) is 53.8 Å². The third-order valence-electron chi connectivity index (χ3n) is 6.04. The molecule has 0 amide bonds. The van der Waals surface area contributed by atoms with Crippen molar-refractivity contribution in [2.45, 2.75) is 6.92 Å². The van der Waals surface area contributed by atoms with Gasteiger partial charge in [-0.05, 0) is 36.8 Å². The van der Waals surface area contributed by atoms with Gasteiger partial charge in [-0.25, -0.2) is 0 Å². The van der Waals surface area contributed by atoms with E-state index in [-0.39, 0.29) is 11.5 Å². The molecule has 39 heavy (non-hydrogen) atoms. The first kappa shape index (κ1) is 27.3. The van der Waals surface area contributed by atoms with Crippen molar-refractivity contribution >= 4 is 17.9 Å². The Morgan fingerprint density at radius 3 is 1.36 bits per heavy atom. The minimum Gasteiger partial charge on any atom is -0.496 e. The number of ketones is 1. The molecule has 3 aromatic rings. The molecule has 9 heteroatoms. The second kappa shape index (κ2) is 11.7. The molecule has 1 heterocycles. The molecule has 0 aliphatic carbocycles. The van der Waals surface area contributed by atoms with Crippen molar-refractivity contribution in [2.75, 3.05) is 42.7 Å². The van der Waals surface area contributed by atoms with Crippen molar-refractivity contribution in [2.24, 2.45) is 0 Å². The summed E-state index contributed by atoms with van der Waals surface area (Å²) in [6.45, 7) is 1.92. The largest absolute Gasteiger partial charge is 0.496 e. The van der Waals surface area contributed by atoms with Crippen LogP contribution in [-0.2, 0) is 4.79 Å². The quantitative estimate of drug-likeness (QED) is 0.349. The molecular weight excluding hydrogens is 504 g/mol. The van der Waals surface area contributed by atoms with Crippen LogP contribution in [0.25, 0.3) is 12.2 Å². The van der Waals surface area contributed by atoms with Gasteiger partial charge >= 0.3 is 0 Å². The standard InChI is InChI=1S/C30H30O9/c1-17-8-9-22-27(10-17)39-29(16-21-25(36-6)13-19(33-3)14-26(21)37-7)30(31)28(38-22)15-20-23(34-4)11-18(32-2)12-24(20)35-5/h8-16H,1-7H3/b28-15-,29-16-. The molecule has 0 atom stereocenters. The van der Waals surface area contributed by atoms with Gasteiger partial charge in [-0.15, -0.1) is 0 Å². The molecule has 204 valence electrons. The van der Waals surface area contributed by atoms with Crippen molar-refractivity contribution < 1.29 is 42.7 Å². The first-order valence-electron chi connectivity index (χ1n) is 11.9. The normalized spacial score (nSPS) is 14.6. The van der Waals surface area contributed by atoms with Crippen LogP contribution in [-0.4, -0.2) is 48.4 Å². The van der Waals surface area contributed by atoms with E-state index in [9.17, 15) is 4.79 Å². The maximum atomic E-state index is 14.0. The Hall–Kier alpha value is -4.79. The molecule has 9 nitrogen and oxygen atoms in total. The van der Waals surface area contributed by atoms with Crippen molar-refractivity contribution in [1.82, 2.24) is 0 Å². The van der Waals surface area contributed by atoms with Gasteiger partial charge in [0.2, 0.25) is 0 Å². The summed E-state index contributed by atoms with van der Waals surface area (Å²) in [6, 6.07) is 12.1. The number of rotatable bonds is 8. The van der Waals surface area contributed by atoms with Gasteiger partial charge in [-0.3, -0.25) is 4.79 Å². The Labute approximate surface area is 227 Å². The second-order valence-electron chi connectivity index (χ2n) is 8.39. The summed E-state index contributed by atoms with van der Waals surface area (Å²) in [5.74, 6) is 2.94. The van der Waals surface area contributed by atoms with Crippen molar-refractivity contribution in [3.8, 4) is 46.0 Å². The summed E-state index contributed by atoms with van der Waals surface area (Å²) in [4.78, 5) is 14.0. The number of benzene rings is 3. The third-order valence-corrected chi connectivity index (χ3v) is 6.04. The first-order valence-corrected chi connectivity index (χ1v) is 11.9. The Morgan fingerprint density at radius 1 is 0.564 bits per heavy atom. The van der Waals surface area contributed by atoms with Crippen LogP contribution in [0.4, 0.5) is 0 Å². The van der Waals surface area contributed by atoms with Crippen molar-refractivity contribution in [3.63, 3.8) is 0 Å². The molecule has 0 fully saturated rings. The smallest absolute Gasteiger partial charge is 0.263 e. The van der Waals surface area contributed by atoms with E-state index in [1.54, 1.807) is 62.8 Å². The van der Waals surface area contributed by atoms with E-state index in [1.807, 2.05) is 13.0 Å². The number of ether oxygens (including phenoxy) is 8. The summed E-state index contributed by atoms with van der Waals surface area (Å²) in [7, 11) is 9.14. The molecule has 0 radical (unpaired) electrons. The summed E-state index contributed by atoms with van der Waals surface area (Å²) in [6.07, 6.45) is 3.10. The zero-order valence-corrected chi connectivity index (χ0v) is 22.9. The Bertz CT molecular complexity index is 1400. The van der Waals surface area contributed by atoms with Crippen molar-refractivity contribution in [1.29, 1.82) is 0 Å². The summed E-state index contributed by atoms with van der Waals surface area (Å²) in [5, 5.41) is 0. The number of hydrogen-bond donors (Lipinski definition) is 0. The minimum atomic E-state index is -0.524. The molecule has 4 rings (SSSR count). The number of aryl methyl sites for hydroxylation is 1. The number of fused-ring (bicyclic) bond motifs is 1. The van der Waals surface area contributed by atoms with Gasteiger partial charge in [-0.1, -0.05) is 6.07 Å². The van der Waals surface area contributed by atoms with Gasteiger partial charge in [0.25, 0.3) is 5.78 Å². The zero-order valence-electron chi connectivity index (χ0n) is 22.9. The monoisotopic (exact) mass is 534 g/mol. The number of carbonyl (C=O) groups excluding carboxylic acids is 1. The molecular formula is C30H30O9. The molecule has 1 aliphatic heterocycles. The average Bonchev–Trinajstić information content (AvgIpc) is 3.08. The summed E-state index contributed by atoms with van der Waals surface area (Å²) in [5.41, 5.74) is 1.90. The van der Waals surface area contributed by atoms with E-state index in [0.717, 1.165) is 5.56 Å². The van der Waals surface area contributed by atoms with Crippen LogP contribution in [0.5, 0.6) is 46.0 Å². The van der Waals surface area contributed by atoms with E-state index in [4.69, 9.17) is 37.9 Å². The highest BCUT2D eigenvalue weighted by Gasteiger charge is 2.29. The lowest BCUT2D eigenvalue weighted by atomic mass is 10.1. The predicted octanol–water partition coefficient (Wildman–Crippen LogP) is 5.47. The molecule has 3 aromatic carbocycles. The van der Waals surface area contributed by atoms with Gasteiger partial charge in [0.1, 0.15) is 34.5 Å². The average molecular weight is 535 g/mol. The van der Waals surface area contributed by atoms with Crippen LogP contribution in [0, 0.1) is 6.92 Å². The van der Waals surface area contributed by atoms with Crippen LogP contribution in [0.15, 0.2) is 54.0 Å². The first-order chi connectivity index (χ1) is 18.8. The van der Waals surface area contributed by atoms with E-state index in [2.05, 4.69) is 0 Å². The predicted molar refractivity (Wildman–Crippen MR) is 146 cm³/mol. The maximum absolute atomic E-state index is 14.0. The number of hydrogen-bond acceptors (Lipinski definition) is 9. The molecule has 0 saturated carbocycles. The fraction of sp³-hybridized carbons (Fsp3) is 0.233. The number of Topliss-reactive ketones (excluding diaryl/α,β-unsaturated/α-hetero) is 1. The number of carbonyl (C=O) groups is 1. The lowest BCUT2D eigenvalue weighted by Gasteiger charge is -2.14. The lowest BCUT2D eigenvalue weighted by molar-refractivity contribution is -0.115. The Kier molecular flexibility index (Phi) is 8.19. The van der Waals surface area contributed by atoms with Crippen LogP contribution >= 0.6 is 0 Å².